The van der Waals surface area contributed by atoms with Crippen LogP contribution in [0.2, 0.25) is 0 Å². The molecule has 4 amide bonds. The summed E-state index contributed by atoms with van der Waals surface area (Å²) >= 11 is 0. The lowest BCUT2D eigenvalue weighted by Gasteiger charge is -2.23. The van der Waals surface area contributed by atoms with Gasteiger partial charge in [-0.1, -0.05) is 66.7 Å². The zero-order chi connectivity index (χ0) is 25.3. The van der Waals surface area contributed by atoms with Crippen molar-refractivity contribution in [2.24, 2.45) is 0 Å². The van der Waals surface area contributed by atoms with Crippen molar-refractivity contribution in [3.05, 3.63) is 102 Å². The van der Waals surface area contributed by atoms with Crippen molar-refractivity contribution in [3.63, 3.8) is 0 Å². The number of carbonyl (C=O) groups is 3. The fourth-order valence-corrected chi connectivity index (χ4v) is 4.50. The number of urea groups is 1. The molecule has 3 aromatic carbocycles. The van der Waals surface area contributed by atoms with Crippen LogP contribution < -0.4 is 5.32 Å². The van der Waals surface area contributed by atoms with Gasteiger partial charge in [0.05, 0.1) is 12.7 Å². The molecular weight excluding hydrogens is 454 g/mol. The van der Waals surface area contributed by atoms with E-state index >= 15 is 0 Å². The third-order valence-corrected chi connectivity index (χ3v) is 6.61. The van der Waals surface area contributed by atoms with Crippen LogP contribution in [0.1, 0.15) is 23.6 Å². The second-order valence-corrected chi connectivity index (χ2v) is 9.29. The third kappa shape index (κ3) is 4.45. The van der Waals surface area contributed by atoms with E-state index in [0.717, 1.165) is 26.8 Å². The van der Waals surface area contributed by atoms with Crippen molar-refractivity contribution in [1.82, 2.24) is 24.9 Å². The van der Waals surface area contributed by atoms with Gasteiger partial charge in [0, 0.05) is 25.4 Å². The van der Waals surface area contributed by atoms with Crippen LogP contribution in [-0.4, -0.2) is 51.0 Å². The molecule has 0 unspecified atom stereocenters. The Kier molecular flexibility index (Phi) is 6.01. The first-order chi connectivity index (χ1) is 17.3. The van der Waals surface area contributed by atoms with Gasteiger partial charge in [-0.3, -0.25) is 19.2 Å². The molecule has 8 heteroatoms. The van der Waals surface area contributed by atoms with Crippen LogP contribution >= 0.6 is 0 Å². The number of nitrogens with zero attached hydrogens (tertiary/aromatic N) is 4. The molecule has 1 atom stereocenters. The second-order valence-electron chi connectivity index (χ2n) is 9.29. The number of imide groups is 1. The molecule has 0 spiro atoms. The van der Waals surface area contributed by atoms with E-state index in [1.165, 1.54) is 4.90 Å². The summed E-state index contributed by atoms with van der Waals surface area (Å²) in [5.74, 6) is -0.780. The van der Waals surface area contributed by atoms with E-state index in [2.05, 4.69) is 10.4 Å². The predicted molar refractivity (Wildman–Crippen MR) is 136 cm³/mol. The first kappa shape index (κ1) is 23.3. The topological polar surface area (TPSA) is 87.5 Å². The molecule has 0 radical (unpaired) electrons. The summed E-state index contributed by atoms with van der Waals surface area (Å²) < 4.78 is 1.81. The number of nitrogens with one attached hydrogen (secondary N) is 1. The molecule has 1 aliphatic rings. The van der Waals surface area contributed by atoms with Crippen molar-refractivity contribution in [2.75, 3.05) is 13.6 Å². The highest BCUT2D eigenvalue weighted by Crippen LogP contribution is 2.31. The van der Waals surface area contributed by atoms with Gasteiger partial charge in [-0.2, -0.15) is 5.10 Å². The van der Waals surface area contributed by atoms with Gasteiger partial charge >= 0.3 is 6.03 Å². The van der Waals surface area contributed by atoms with E-state index in [0.29, 0.717) is 18.7 Å². The Hall–Kier alpha value is -4.46. The zero-order valence-electron chi connectivity index (χ0n) is 20.2. The van der Waals surface area contributed by atoms with Gasteiger partial charge < -0.3 is 10.2 Å². The van der Waals surface area contributed by atoms with Crippen LogP contribution in [-0.2, 0) is 28.2 Å². The van der Waals surface area contributed by atoms with E-state index in [1.807, 2.05) is 83.7 Å². The second kappa shape index (κ2) is 9.30. The van der Waals surface area contributed by atoms with Crippen LogP contribution in [0.5, 0.6) is 0 Å². The molecule has 1 aliphatic heterocycles. The van der Waals surface area contributed by atoms with Crippen LogP contribution in [0, 0.1) is 0 Å². The Morgan fingerprint density at radius 2 is 1.69 bits per heavy atom. The number of fused-ring (bicyclic) bond motifs is 1. The predicted octanol–water partition coefficient (Wildman–Crippen LogP) is 3.51. The van der Waals surface area contributed by atoms with E-state index in [1.54, 1.807) is 20.2 Å². The van der Waals surface area contributed by atoms with Crippen molar-refractivity contribution in [2.45, 2.75) is 25.6 Å². The van der Waals surface area contributed by atoms with Crippen LogP contribution in [0.3, 0.4) is 0 Å². The maximum atomic E-state index is 13.3. The average Bonchev–Trinajstić information content (AvgIpc) is 3.41. The number of carbonyl (C=O) groups excluding carboxylic acids is 3. The van der Waals surface area contributed by atoms with E-state index in [-0.39, 0.29) is 12.5 Å². The summed E-state index contributed by atoms with van der Waals surface area (Å²) in [6.07, 6.45) is 3.61. The van der Waals surface area contributed by atoms with Crippen molar-refractivity contribution >= 4 is 28.6 Å². The molecule has 4 aromatic rings. The summed E-state index contributed by atoms with van der Waals surface area (Å²) in [4.78, 5) is 41.5. The van der Waals surface area contributed by atoms with Crippen LogP contribution in [0.4, 0.5) is 4.79 Å². The zero-order valence-corrected chi connectivity index (χ0v) is 20.2. The molecule has 0 saturated carbocycles. The first-order valence-electron chi connectivity index (χ1n) is 11.8. The molecule has 5 rings (SSSR count). The fraction of sp³-hybridized carbons (Fsp3) is 0.214. The lowest BCUT2D eigenvalue weighted by molar-refractivity contribution is -0.138. The Morgan fingerprint density at radius 3 is 2.47 bits per heavy atom. The fourth-order valence-electron chi connectivity index (χ4n) is 4.50. The Labute approximate surface area is 209 Å². The van der Waals surface area contributed by atoms with Gasteiger partial charge in [-0.15, -0.1) is 0 Å². The molecule has 182 valence electrons. The smallest absolute Gasteiger partial charge is 0.325 e. The highest BCUT2D eigenvalue weighted by molar-refractivity contribution is 6.09. The van der Waals surface area contributed by atoms with Crippen LogP contribution in [0.15, 0.2) is 85.2 Å². The van der Waals surface area contributed by atoms with Crippen molar-refractivity contribution in [1.29, 1.82) is 0 Å². The maximum absolute atomic E-state index is 13.3. The molecule has 1 N–H and O–H groups in total. The SMILES string of the molecule is CN(Cc1cnn(Cc2ccccc2)c1)C(=O)CN1C(=O)N[C@](C)(c2ccc3ccccc3c2)C1=O. The minimum atomic E-state index is -1.24. The van der Waals surface area contributed by atoms with E-state index in [4.69, 9.17) is 0 Å². The highest BCUT2D eigenvalue weighted by Gasteiger charge is 2.49. The molecule has 1 aromatic heterocycles. The monoisotopic (exact) mass is 481 g/mol. The number of amides is 4. The number of hydrogen-bond donors (Lipinski definition) is 1. The number of hydrogen-bond acceptors (Lipinski definition) is 4. The van der Waals surface area contributed by atoms with Gasteiger partial charge in [0.25, 0.3) is 5.91 Å². The average molecular weight is 482 g/mol. The van der Waals surface area contributed by atoms with Crippen molar-refractivity contribution in [3.8, 4) is 0 Å². The lowest BCUT2D eigenvalue weighted by Crippen LogP contribution is -2.43. The molecule has 0 aliphatic carbocycles. The maximum Gasteiger partial charge on any atom is 0.325 e. The Balaban J connectivity index is 1.24. The van der Waals surface area contributed by atoms with Gasteiger partial charge in [0.2, 0.25) is 5.91 Å². The number of likely N-dealkylation sites (N-methyl/N-ethyl adjacent to an activating group) is 1. The summed E-state index contributed by atoms with van der Waals surface area (Å²) in [5, 5.41) is 9.18. The summed E-state index contributed by atoms with van der Waals surface area (Å²) in [6.45, 7) is 2.29. The molecular formula is C28H27N5O3. The number of rotatable bonds is 7. The van der Waals surface area contributed by atoms with Gasteiger partial charge in [-0.25, -0.2) is 4.79 Å². The molecule has 2 heterocycles. The largest absolute Gasteiger partial charge is 0.340 e. The van der Waals surface area contributed by atoms with Gasteiger partial charge in [0.15, 0.2) is 0 Å². The van der Waals surface area contributed by atoms with E-state index in [9.17, 15) is 14.4 Å². The quantitative estimate of drug-likeness (QED) is 0.409. The Morgan fingerprint density at radius 1 is 0.972 bits per heavy atom. The van der Waals surface area contributed by atoms with Crippen LogP contribution in [0.25, 0.3) is 10.8 Å². The first-order valence-corrected chi connectivity index (χ1v) is 11.8. The molecule has 36 heavy (non-hydrogen) atoms. The van der Waals surface area contributed by atoms with Crippen molar-refractivity contribution < 1.29 is 14.4 Å². The minimum Gasteiger partial charge on any atom is -0.340 e. The summed E-state index contributed by atoms with van der Waals surface area (Å²) in [7, 11) is 1.65. The molecule has 0 bridgehead atoms. The Bertz CT molecular complexity index is 1450. The standard InChI is InChI=1S/C28H27N5O3/c1-28(24-13-12-22-10-6-7-11-23(22)14-24)26(35)33(27(36)30-28)19-25(34)31(2)16-21-15-29-32(18-21)17-20-8-4-3-5-9-20/h3-15,18H,16-17,19H2,1-2H3,(H,30,36)/t28-/m1/s1. The molecule has 1 fully saturated rings. The lowest BCUT2D eigenvalue weighted by atomic mass is 9.90. The molecule has 1 saturated heterocycles. The summed E-state index contributed by atoms with van der Waals surface area (Å²) in [5.41, 5.74) is 1.43. The number of benzene rings is 3. The highest BCUT2D eigenvalue weighted by atomic mass is 16.2. The number of aromatic nitrogens is 2. The summed E-state index contributed by atoms with van der Waals surface area (Å²) in [6, 6.07) is 22.9. The molecule has 8 nitrogen and oxygen atoms in total. The van der Waals surface area contributed by atoms with E-state index < -0.39 is 17.5 Å². The minimum absolute atomic E-state index is 0.319. The third-order valence-electron chi connectivity index (χ3n) is 6.61. The van der Waals surface area contributed by atoms with Gasteiger partial charge in [0.1, 0.15) is 12.1 Å². The normalized spacial score (nSPS) is 17.4. The van der Waals surface area contributed by atoms with Gasteiger partial charge in [-0.05, 0) is 34.9 Å².